The van der Waals surface area contributed by atoms with Crippen LogP contribution in [-0.2, 0) is 4.74 Å². The van der Waals surface area contributed by atoms with Gasteiger partial charge in [0.1, 0.15) is 24.3 Å². The zero-order valence-corrected chi connectivity index (χ0v) is 23.1. The lowest BCUT2D eigenvalue weighted by Crippen LogP contribution is -2.36. The second kappa shape index (κ2) is 12.4. The van der Waals surface area contributed by atoms with Gasteiger partial charge in [-0.3, -0.25) is 0 Å². The molecule has 0 atom stereocenters. The van der Waals surface area contributed by atoms with E-state index in [0.717, 1.165) is 83.1 Å². The molecule has 0 aliphatic carbocycles. The Morgan fingerprint density at radius 1 is 0.805 bits per heavy atom. The van der Waals surface area contributed by atoms with Crippen molar-refractivity contribution in [2.24, 2.45) is 0 Å². The van der Waals surface area contributed by atoms with E-state index in [4.69, 9.17) is 9.84 Å². The Bertz CT molecular complexity index is 1620. The van der Waals surface area contributed by atoms with Crippen LogP contribution in [0.1, 0.15) is 0 Å². The van der Waals surface area contributed by atoms with Crippen LogP contribution in [0.2, 0.25) is 0 Å². The summed E-state index contributed by atoms with van der Waals surface area (Å²) >= 11 is 0. The van der Waals surface area contributed by atoms with Gasteiger partial charge in [0.25, 0.3) is 0 Å². The Balaban J connectivity index is 1.25. The van der Waals surface area contributed by atoms with Crippen LogP contribution in [0.25, 0.3) is 32.9 Å². The van der Waals surface area contributed by atoms with Gasteiger partial charge in [0.15, 0.2) is 0 Å². The number of ether oxygens (including phenoxy) is 1. The van der Waals surface area contributed by atoms with Gasteiger partial charge in [0, 0.05) is 54.9 Å². The molecule has 5 aromatic rings. The lowest BCUT2D eigenvalue weighted by molar-refractivity contribution is 0.122. The molecule has 1 aliphatic rings. The van der Waals surface area contributed by atoms with Crippen LogP contribution in [0.5, 0.6) is 0 Å². The van der Waals surface area contributed by atoms with Gasteiger partial charge in [-0.25, -0.2) is 19.9 Å². The second-order valence-corrected chi connectivity index (χ2v) is 10.1. The van der Waals surface area contributed by atoms with Crippen LogP contribution in [0, 0.1) is 0 Å². The van der Waals surface area contributed by atoms with Crippen LogP contribution in [0.15, 0.2) is 73.3 Å². The lowest BCUT2D eigenvalue weighted by Gasteiger charge is -2.28. The molecule has 10 heteroatoms. The van der Waals surface area contributed by atoms with Gasteiger partial charge >= 0.3 is 0 Å². The minimum atomic E-state index is 0.144. The van der Waals surface area contributed by atoms with Crippen LogP contribution in [-0.4, -0.2) is 89.5 Å². The van der Waals surface area contributed by atoms with Gasteiger partial charge < -0.3 is 30.3 Å². The van der Waals surface area contributed by atoms with E-state index in [0.29, 0.717) is 13.1 Å². The molecule has 1 saturated heterocycles. The Kier molecular flexibility index (Phi) is 8.13. The first-order valence-electron chi connectivity index (χ1n) is 13.9. The number of nitrogens with zero attached hydrogens (tertiary/aromatic N) is 6. The quantitative estimate of drug-likeness (QED) is 0.234. The molecule has 0 saturated carbocycles. The van der Waals surface area contributed by atoms with Crippen molar-refractivity contribution in [3.05, 3.63) is 73.3 Å². The highest BCUT2D eigenvalue weighted by Crippen LogP contribution is 2.31. The van der Waals surface area contributed by atoms with Crippen molar-refractivity contribution in [2.45, 2.75) is 0 Å². The van der Waals surface area contributed by atoms with E-state index in [1.165, 1.54) is 5.69 Å². The maximum absolute atomic E-state index is 9.15. The van der Waals surface area contributed by atoms with Crippen molar-refractivity contribution in [3.8, 4) is 11.1 Å². The molecule has 10 nitrogen and oxygen atoms in total. The zero-order valence-electron chi connectivity index (χ0n) is 23.1. The fraction of sp³-hybridized carbons (Fsp3) is 0.290. The first-order chi connectivity index (χ1) is 20.2. The van der Waals surface area contributed by atoms with Crippen LogP contribution in [0.3, 0.4) is 0 Å². The van der Waals surface area contributed by atoms with Gasteiger partial charge in [-0.15, -0.1) is 0 Å². The molecule has 6 rings (SSSR count). The third-order valence-corrected chi connectivity index (χ3v) is 7.38. The molecule has 0 bridgehead atoms. The summed E-state index contributed by atoms with van der Waals surface area (Å²) in [6.45, 7) is 5.63. The standard InChI is InChI=1S/C31H34N8O2/c1-38(12-15-40)11-10-32-30-26-18-22(2-8-28(26)33-20-35-30)23-3-9-29-27(19-23)31(36-21-34-29)37-24-4-6-25(7-5-24)39-13-16-41-17-14-39/h2-9,18-21,40H,10-17H2,1H3,(H,32,33,35)(H,34,36,37). The first kappa shape index (κ1) is 26.8. The van der Waals surface area contributed by atoms with E-state index in [-0.39, 0.29) is 6.61 Å². The Morgan fingerprint density at radius 2 is 1.44 bits per heavy atom. The fourth-order valence-electron chi connectivity index (χ4n) is 5.07. The molecule has 3 aromatic carbocycles. The Morgan fingerprint density at radius 3 is 2.10 bits per heavy atom. The molecule has 0 spiro atoms. The number of anilines is 4. The largest absolute Gasteiger partial charge is 0.395 e. The van der Waals surface area contributed by atoms with Crippen molar-refractivity contribution in [3.63, 3.8) is 0 Å². The molecule has 3 heterocycles. The highest BCUT2D eigenvalue weighted by molar-refractivity contribution is 5.96. The molecular weight excluding hydrogens is 516 g/mol. The molecule has 0 radical (unpaired) electrons. The Hall–Kier alpha value is -4.38. The van der Waals surface area contributed by atoms with Crippen LogP contribution in [0.4, 0.5) is 23.0 Å². The molecular formula is C31H34N8O2. The number of likely N-dealkylation sites (N-methyl/N-ethyl adjacent to an activating group) is 1. The summed E-state index contributed by atoms with van der Waals surface area (Å²) in [5.74, 6) is 1.55. The number of aliphatic hydroxyl groups is 1. The Labute approximate surface area is 239 Å². The second-order valence-electron chi connectivity index (χ2n) is 10.1. The summed E-state index contributed by atoms with van der Waals surface area (Å²) in [6, 6.07) is 20.9. The van der Waals surface area contributed by atoms with Gasteiger partial charge in [0.05, 0.1) is 30.9 Å². The van der Waals surface area contributed by atoms with Gasteiger partial charge in [0.2, 0.25) is 0 Å². The molecule has 1 fully saturated rings. The summed E-state index contributed by atoms with van der Waals surface area (Å²) in [5, 5.41) is 18.0. The number of aromatic nitrogens is 4. The lowest BCUT2D eigenvalue weighted by atomic mass is 10.0. The number of morpholine rings is 1. The molecule has 41 heavy (non-hydrogen) atoms. The normalized spacial score (nSPS) is 13.7. The van der Waals surface area contributed by atoms with Crippen LogP contribution >= 0.6 is 0 Å². The number of benzene rings is 3. The van der Waals surface area contributed by atoms with E-state index < -0.39 is 0 Å². The van der Waals surface area contributed by atoms with Crippen molar-refractivity contribution >= 4 is 44.8 Å². The number of aliphatic hydroxyl groups excluding tert-OH is 1. The monoisotopic (exact) mass is 550 g/mol. The SMILES string of the molecule is CN(CCO)CCNc1ncnc2ccc(-c3ccc4ncnc(Nc5ccc(N6CCOCC6)cc5)c4c3)cc12. The third kappa shape index (κ3) is 6.19. The van der Waals surface area contributed by atoms with E-state index in [2.05, 4.69) is 88.9 Å². The molecule has 2 aromatic heterocycles. The summed E-state index contributed by atoms with van der Waals surface area (Å²) in [7, 11) is 1.99. The molecule has 210 valence electrons. The molecule has 1 aliphatic heterocycles. The fourth-order valence-corrected chi connectivity index (χ4v) is 5.07. The topological polar surface area (TPSA) is 112 Å². The molecule has 0 amide bonds. The summed E-state index contributed by atoms with van der Waals surface area (Å²) in [4.78, 5) is 22.4. The van der Waals surface area contributed by atoms with Crippen LogP contribution < -0.4 is 15.5 Å². The van der Waals surface area contributed by atoms with Crippen molar-refractivity contribution in [1.29, 1.82) is 0 Å². The van der Waals surface area contributed by atoms with E-state index in [1.54, 1.807) is 12.7 Å². The first-order valence-corrected chi connectivity index (χ1v) is 13.9. The smallest absolute Gasteiger partial charge is 0.141 e. The van der Waals surface area contributed by atoms with E-state index in [1.807, 2.05) is 19.2 Å². The number of hydrogen-bond acceptors (Lipinski definition) is 10. The third-order valence-electron chi connectivity index (χ3n) is 7.38. The number of nitrogens with one attached hydrogen (secondary N) is 2. The van der Waals surface area contributed by atoms with E-state index in [9.17, 15) is 0 Å². The number of hydrogen-bond donors (Lipinski definition) is 3. The summed E-state index contributed by atoms with van der Waals surface area (Å²) < 4.78 is 5.48. The van der Waals surface area contributed by atoms with Gasteiger partial charge in [-0.1, -0.05) is 12.1 Å². The van der Waals surface area contributed by atoms with Crippen molar-refractivity contribution in [1.82, 2.24) is 24.8 Å². The minimum Gasteiger partial charge on any atom is -0.395 e. The average molecular weight is 551 g/mol. The van der Waals surface area contributed by atoms with Gasteiger partial charge in [-0.05, 0) is 66.7 Å². The summed E-state index contributed by atoms with van der Waals surface area (Å²) in [6.07, 6.45) is 3.18. The van der Waals surface area contributed by atoms with E-state index >= 15 is 0 Å². The highest BCUT2D eigenvalue weighted by atomic mass is 16.5. The minimum absolute atomic E-state index is 0.144. The maximum Gasteiger partial charge on any atom is 0.141 e. The molecule has 3 N–H and O–H groups in total. The average Bonchev–Trinajstić information content (AvgIpc) is 3.02. The molecule has 0 unspecified atom stereocenters. The predicted molar refractivity (Wildman–Crippen MR) is 164 cm³/mol. The highest BCUT2D eigenvalue weighted by Gasteiger charge is 2.12. The number of fused-ring (bicyclic) bond motifs is 2. The maximum atomic E-state index is 9.15. The van der Waals surface area contributed by atoms with Crippen molar-refractivity contribution in [2.75, 3.05) is 75.1 Å². The number of rotatable bonds is 10. The summed E-state index contributed by atoms with van der Waals surface area (Å²) in [5.41, 5.74) is 6.02. The van der Waals surface area contributed by atoms with Crippen molar-refractivity contribution < 1.29 is 9.84 Å². The zero-order chi connectivity index (χ0) is 28.0. The van der Waals surface area contributed by atoms with Gasteiger partial charge in [-0.2, -0.15) is 0 Å². The predicted octanol–water partition coefficient (Wildman–Crippen LogP) is 4.16.